The molecule has 0 radical (unpaired) electrons. The zero-order valence-electron chi connectivity index (χ0n) is 12.7. The minimum Gasteiger partial charge on any atom is -0.495 e. The molecule has 1 aromatic carbocycles. The van der Waals surface area contributed by atoms with Crippen LogP contribution >= 0.6 is 12.4 Å². The largest absolute Gasteiger partial charge is 0.495 e. The molecule has 7 heteroatoms. The number of para-hydroxylation sites is 2. The third-order valence-corrected chi connectivity index (χ3v) is 4.18. The molecule has 0 bridgehead atoms. The lowest BCUT2D eigenvalue weighted by Gasteiger charge is -2.45. The van der Waals surface area contributed by atoms with Gasteiger partial charge in [0.25, 0.3) is 0 Å². The molecular weight excluding hydrogens is 302 g/mol. The van der Waals surface area contributed by atoms with Gasteiger partial charge in [0.2, 0.25) is 11.9 Å². The summed E-state index contributed by atoms with van der Waals surface area (Å²) < 4.78 is 5.48. The molecule has 1 saturated carbocycles. The van der Waals surface area contributed by atoms with Crippen LogP contribution in [0.1, 0.15) is 32.1 Å². The fraction of sp³-hybridized carbons (Fsp3) is 0.467. The number of nitrogens with zero attached hydrogens (tertiary/aromatic N) is 3. The fourth-order valence-corrected chi connectivity index (χ4v) is 3.28. The number of halogens is 1. The molecule has 1 aliphatic heterocycles. The smallest absolute Gasteiger partial charge is 0.220 e. The maximum Gasteiger partial charge on any atom is 0.220 e. The van der Waals surface area contributed by atoms with Gasteiger partial charge in [0.15, 0.2) is 0 Å². The molecule has 0 unspecified atom stereocenters. The van der Waals surface area contributed by atoms with Gasteiger partial charge in [-0.1, -0.05) is 18.6 Å². The molecule has 6 nitrogen and oxygen atoms in total. The van der Waals surface area contributed by atoms with E-state index in [1.165, 1.54) is 6.42 Å². The number of nitrogens with two attached hydrogens (primary N) is 2. The normalized spacial score (nSPS) is 20.0. The van der Waals surface area contributed by atoms with Crippen LogP contribution in [0.15, 0.2) is 34.3 Å². The Morgan fingerprint density at radius 2 is 1.82 bits per heavy atom. The first-order valence-electron chi connectivity index (χ1n) is 7.29. The van der Waals surface area contributed by atoms with Crippen molar-refractivity contribution >= 4 is 30.0 Å². The summed E-state index contributed by atoms with van der Waals surface area (Å²) in [6, 6.07) is 7.80. The second-order valence-corrected chi connectivity index (χ2v) is 5.49. The van der Waals surface area contributed by atoms with E-state index < -0.39 is 5.66 Å². The van der Waals surface area contributed by atoms with Crippen molar-refractivity contribution in [2.75, 3.05) is 12.0 Å². The van der Waals surface area contributed by atoms with Crippen LogP contribution in [-0.2, 0) is 0 Å². The lowest BCUT2D eigenvalue weighted by molar-refractivity contribution is 0.303. The lowest BCUT2D eigenvalue weighted by Crippen LogP contribution is -2.58. The molecule has 1 aliphatic carbocycles. The fourth-order valence-electron chi connectivity index (χ4n) is 3.28. The predicted octanol–water partition coefficient (Wildman–Crippen LogP) is 2.23. The van der Waals surface area contributed by atoms with Crippen molar-refractivity contribution in [2.45, 2.75) is 37.8 Å². The minimum absolute atomic E-state index is 0. The van der Waals surface area contributed by atoms with Gasteiger partial charge in [-0.3, -0.25) is 4.90 Å². The van der Waals surface area contributed by atoms with Crippen LogP contribution in [0, 0.1) is 0 Å². The van der Waals surface area contributed by atoms with Gasteiger partial charge in [-0.2, -0.15) is 4.99 Å². The summed E-state index contributed by atoms with van der Waals surface area (Å²) in [6.45, 7) is 0. The van der Waals surface area contributed by atoms with E-state index in [4.69, 9.17) is 16.2 Å². The quantitative estimate of drug-likeness (QED) is 0.873. The second kappa shape index (κ2) is 6.44. The van der Waals surface area contributed by atoms with E-state index in [1.807, 2.05) is 29.2 Å². The zero-order chi connectivity index (χ0) is 14.9. The molecule has 0 saturated heterocycles. The first-order chi connectivity index (χ1) is 10.2. The average Bonchev–Trinajstić information content (AvgIpc) is 2.47. The van der Waals surface area contributed by atoms with Gasteiger partial charge in [0, 0.05) is 0 Å². The first kappa shape index (κ1) is 16.4. The zero-order valence-corrected chi connectivity index (χ0v) is 13.5. The van der Waals surface area contributed by atoms with Gasteiger partial charge in [-0.05, 0) is 37.8 Å². The van der Waals surface area contributed by atoms with Crippen molar-refractivity contribution in [3.05, 3.63) is 24.3 Å². The van der Waals surface area contributed by atoms with E-state index in [0.717, 1.165) is 37.1 Å². The molecule has 4 N–H and O–H groups in total. The third-order valence-electron chi connectivity index (χ3n) is 4.18. The van der Waals surface area contributed by atoms with E-state index >= 15 is 0 Å². The van der Waals surface area contributed by atoms with Gasteiger partial charge < -0.3 is 16.2 Å². The maximum atomic E-state index is 6.19. The molecule has 1 fully saturated rings. The summed E-state index contributed by atoms with van der Waals surface area (Å²) in [6.07, 6.45) is 5.27. The Hall–Kier alpha value is -1.95. The van der Waals surface area contributed by atoms with E-state index in [-0.39, 0.29) is 18.4 Å². The van der Waals surface area contributed by atoms with Gasteiger partial charge >= 0.3 is 0 Å². The minimum atomic E-state index is -0.428. The number of hydrogen-bond acceptors (Lipinski definition) is 6. The topological polar surface area (TPSA) is 89.2 Å². The summed E-state index contributed by atoms with van der Waals surface area (Å²) in [5.41, 5.74) is 12.5. The van der Waals surface area contributed by atoms with Crippen LogP contribution in [0.25, 0.3) is 0 Å². The van der Waals surface area contributed by atoms with Crippen LogP contribution in [0.4, 0.5) is 5.69 Å². The summed E-state index contributed by atoms with van der Waals surface area (Å²) >= 11 is 0. The van der Waals surface area contributed by atoms with E-state index in [2.05, 4.69) is 9.98 Å². The molecule has 0 atom stereocenters. The average molecular weight is 324 g/mol. The molecule has 0 amide bonds. The molecular formula is C15H22ClN5O. The Labute approximate surface area is 136 Å². The highest BCUT2D eigenvalue weighted by molar-refractivity contribution is 6.06. The monoisotopic (exact) mass is 323 g/mol. The van der Waals surface area contributed by atoms with Crippen LogP contribution in [0.2, 0.25) is 0 Å². The number of guanidine groups is 2. The van der Waals surface area contributed by atoms with E-state index in [1.54, 1.807) is 7.11 Å². The first-order valence-corrected chi connectivity index (χ1v) is 7.29. The number of anilines is 1. The molecule has 3 rings (SSSR count). The maximum absolute atomic E-state index is 6.19. The van der Waals surface area contributed by atoms with Crippen molar-refractivity contribution in [1.82, 2.24) is 0 Å². The number of methoxy groups -OCH3 is 1. The van der Waals surface area contributed by atoms with Crippen molar-refractivity contribution < 1.29 is 4.74 Å². The van der Waals surface area contributed by atoms with E-state index in [9.17, 15) is 0 Å². The predicted molar refractivity (Wildman–Crippen MR) is 91.8 cm³/mol. The lowest BCUT2D eigenvalue weighted by atomic mass is 9.87. The Bertz CT molecular complexity index is 595. The van der Waals surface area contributed by atoms with Crippen molar-refractivity contribution in [1.29, 1.82) is 0 Å². The van der Waals surface area contributed by atoms with Crippen molar-refractivity contribution in [2.24, 2.45) is 21.5 Å². The van der Waals surface area contributed by atoms with Crippen LogP contribution in [0.5, 0.6) is 5.75 Å². The molecule has 120 valence electrons. The Morgan fingerprint density at radius 1 is 1.14 bits per heavy atom. The highest BCUT2D eigenvalue weighted by Gasteiger charge is 2.43. The van der Waals surface area contributed by atoms with Gasteiger partial charge in [-0.15, -0.1) is 12.4 Å². The van der Waals surface area contributed by atoms with Crippen molar-refractivity contribution in [3.8, 4) is 5.75 Å². The van der Waals surface area contributed by atoms with Crippen molar-refractivity contribution in [3.63, 3.8) is 0 Å². The molecule has 22 heavy (non-hydrogen) atoms. The number of aliphatic imine (C=N–C) groups is 2. The Morgan fingerprint density at radius 3 is 2.50 bits per heavy atom. The van der Waals surface area contributed by atoms with Gasteiger partial charge in [0.1, 0.15) is 11.4 Å². The number of ether oxygens (including phenoxy) is 1. The second-order valence-electron chi connectivity index (χ2n) is 5.49. The molecule has 1 spiro atoms. The Balaban J connectivity index is 0.00000176. The Kier molecular flexibility index (Phi) is 4.81. The van der Waals surface area contributed by atoms with Gasteiger partial charge in [0.05, 0.1) is 12.8 Å². The molecule has 1 heterocycles. The molecule has 0 aromatic heterocycles. The van der Waals surface area contributed by atoms with Crippen LogP contribution in [-0.4, -0.2) is 24.7 Å². The number of hydrogen-bond donors (Lipinski definition) is 2. The van der Waals surface area contributed by atoms with E-state index in [0.29, 0.717) is 5.96 Å². The SMILES string of the molecule is COc1ccccc1N1C(N)=NC(N)=NC12CCCCC2.Cl. The summed E-state index contributed by atoms with van der Waals surface area (Å²) in [4.78, 5) is 10.8. The van der Waals surface area contributed by atoms with Crippen LogP contribution in [0.3, 0.4) is 0 Å². The summed E-state index contributed by atoms with van der Waals surface area (Å²) in [5, 5.41) is 0. The number of rotatable bonds is 2. The molecule has 1 aromatic rings. The highest BCUT2D eigenvalue weighted by atomic mass is 35.5. The molecule has 2 aliphatic rings. The standard InChI is InChI=1S/C15H21N5O.ClH/c1-21-12-8-4-3-7-11(12)20-14(17)18-13(16)19-15(20)9-5-2-6-10-15;/h3-4,7-8H,2,5-6,9-10H2,1H3,(H4,16,17,18,19);1H. The van der Waals surface area contributed by atoms with Crippen LogP contribution < -0.4 is 21.1 Å². The third kappa shape index (κ3) is 2.70. The highest BCUT2D eigenvalue weighted by Crippen LogP contribution is 2.42. The van der Waals surface area contributed by atoms with Gasteiger partial charge in [-0.25, -0.2) is 4.99 Å². The summed E-state index contributed by atoms with van der Waals surface area (Å²) in [5.74, 6) is 1.41. The number of benzene rings is 1. The summed E-state index contributed by atoms with van der Waals surface area (Å²) in [7, 11) is 1.65.